The van der Waals surface area contributed by atoms with Crippen LogP contribution in [0, 0.1) is 0 Å². The van der Waals surface area contributed by atoms with Gasteiger partial charge in [0, 0.05) is 18.5 Å². The van der Waals surface area contributed by atoms with Crippen LogP contribution in [0.1, 0.15) is 5.76 Å². The van der Waals surface area contributed by atoms with Crippen molar-refractivity contribution < 1.29 is 4.52 Å². The maximum absolute atomic E-state index is 5.08. The van der Waals surface area contributed by atoms with Crippen molar-refractivity contribution >= 4 is 11.3 Å². The average molecular weight is 231 g/mol. The Bertz CT molecular complexity index is 554. The van der Waals surface area contributed by atoms with E-state index in [1.54, 1.807) is 23.7 Å². The van der Waals surface area contributed by atoms with Crippen molar-refractivity contribution in [3.05, 3.63) is 47.9 Å². The van der Waals surface area contributed by atoms with E-state index in [0.29, 0.717) is 6.54 Å². The Morgan fingerprint density at radius 3 is 3.06 bits per heavy atom. The van der Waals surface area contributed by atoms with Crippen LogP contribution in [0.5, 0.6) is 0 Å². The summed E-state index contributed by atoms with van der Waals surface area (Å²) in [4.78, 5) is 5.51. The molecule has 5 heteroatoms. The summed E-state index contributed by atoms with van der Waals surface area (Å²) in [6.45, 7) is 0.660. The second-order valence-electron chi connectivity index (χ2n) is 3.33. The highest BCUT2D eigenvalue weighted by Crippen LogP contribution is 2.23. The van der Waals surface area contributed by atoms with E-state index in [0.717, 1.165) is 16.5 Å². The second kappa shape index (κ2) is 3.94. The van der Waals surface area contributed by atoms with Crippen molar-refractivity contribution in [2.75, 3.05) is 0 Å². The molecule has 0 bridgehead atoms. The van der Waals surface area contributed by atoms with Crippen LogP contribution in [0.3, 0.4) is 0 Å². The minimum Gasteiger partial charge on any atom is -0.359 e. The highest BCUT2D eigenvalue weighted by Gasteiger charge is 2.08. The Kier molecular flexibility index (Phi) is 2.30. The summed E-state index contributed by atoms with van der Waals surface area (Å²) >= 11 is 1.68. The zero-order valence-electron chi connectivity index (χ0n) is 8.41. The first-order chi connectivity index (χ1) is 7.93. The Hall–Kier alpha value is -1.88. The van der Waals surface area contributed by atoms with Gasteiger partial charge in [-0.15, -0.1) is 11.3 Å². The summed E-state index contributed by atoms with van der Waals surface area (Å²) in [5.41, 5.74) is 0. The topological polar surface area (TPSA) is 43.9 Å². The molecule has 80 valence electrons. The minimum atomic E-state index is 0.660. The van der Waals surface area contributed by atoms with E-state index in [-0.39, 0.29) is 0 Å². The molecule has 3 rings (SSSR count). The average Bonchev–Trinajstić information content (AvgIpc) is 2.98. The van der Waals surface area contributed by atoms with E-state index in [2.05, 4.69) is 16.2 Å². The predicted molar refractivity (Wildman–Crippen MR) is 61.1 cm³/mol. The molecule has 0 unspecified atom stereocenters. The first-order valence-electron chi connectivity index (χ1n) is 4.88. The molecule has 3 aromatic rings. The largest absolute Gasteiger partial charge is 0.359 e. The van der Waals surface area contributed by atoms with E-state index < -0.39 is 0 Å². The van der Waals surface area contributed by atoms with Gasteiger partial charge in [0.25, 0.3) is 0 Å². The molecule has 0 N–H and O–H groups in total. The maximum atomic E-state index is 5.08. The third-order valence-corrected chi connectivity index (χ3v) is 3.14. The molecule has 0 saturated carbocycles. The van der Waals surface area contributed by atoms with Crippen LogP contribution in [0.4, 0.5) is 0 Å². The second-order valence-corrected chi connectivity index (χ2v) is 4.28. The normalized spacial score (nSPS) is 10.8. The van der Waals surface area contributed by atoms with Crippen molar-refractivity contribution in [3.8, 4) is 10.7 Å². The summed E-state index contributed by atoms with van der Waals surface area (Å²) in [5, 5.41) is 5.73. The van der Waals surface area contributed by atoms with Crippen LogP contribution in [0.25, 0.3) is 10.7 Å². The molecular weight excluding hydrogens is 222 g/mol. The Labute approximate surface area is 96.2 Å². The van der Waals surface area contributed by atoms with Crippen molar-refractivity contribution in [1.29, 1.82) is 0 Å². The zero-order valence-corrected chi connectivity index (χ0v) is 9.22. The SMILES string of the molecule is c1csc(-c2nccn2Cc2ccno2)c1. The van der Waals surface area contributed by atoms with Crippen LogP contribution < -0.4 is 0 Å². The number of imidazole rings is 1. The van der Waals surface area contributed by atoms with Gasteiger partial charge in [-0.2, -0.15) is 0 Å². The Balaban J connectivity index is 1.94. The number of hydrogen-bond acceptors (Lipinski definition) is 4. The van der Waals surface area contributed by atoms with Gasteiger partial charge in [-0.3, -0.25) is 0 Å². The number of nitrogens with zero attached hydrogens (tertiary/aromatic N) is 3. The lowest BCUT2D eigenvalue weighted by molar-refractivity contribution is 0.377. The predicted octanol–water partition coefficient (Wildman–Crippen LogP) is 2.65. The number of thiophene rings is 1. The molecule has 0 atom stereocenters. The monoisotopic (exact) mass is 231 g/mol. The molecule has 16 heavy (non-hydrogen) atoms. The van der Waals surface area contributed by atoms with E-state index in [4.69, 9.17) is 4.52 Å². The van der Waals surface area contributed by atoms with E-state index in [9.17, 15) is 0 Å². The minimum absolute atomic E-state index is 0.660. The Morgan fingerprint density at radius 2 is 2.31 bits per heavy atom. The third-order valence-electron chi connectivity index (χ3n) is 2.27. The van der Waals surface area contributed by atoms with Gasteiger partial charge in [0.1, 0.15) is 5.82 Å². The summed E-state index contributed by atoms with van der Waals surface area (Å²) in [7, 11) is 0. The lowest BCUT2D eigenvalue weighted by atomic mass is 10.4. The molecule has 4 nitrogen and oxygen atoms in total. The highest BCUT2D eigenvalue weighted by molar-refractivity contribution is 7.13. The molecule has 3 heterocycles. The van der Waals surface area contributed by atoms with Crippen molar-refractivity contribution in [1.82, 2.24) is 14.7 Å². The molecule has 0 radical (unpaired) electrons. The fraction of sp³-hybridized carbons (Fsp3) is 0.0909. The summed E-state index contributed by atoms with van der Waals surface area (Å²) in [6.07, 6.45) is 5.39. The van der Waals surface area contributed by atoms with Gasteiger partial charge in [0.2, 0.25) is 0 Å². The lowest BCUT2D eigenvalue weighted by Crippen LogP contribution is -1.99. The molecule has 0 spiro atoms. The Morgan fingerprint density at radius 1 is 1.31 bits per heavy atom. The fourth-order valence-electron chi connectivity index (χ4n) is 1.56. The number of hydrogen-bond donors (Lipinski definition) is 0. The smallest absolute Gasteiger partial charge is 0.156 e. The summed E-state index contributed by atoms with van der Waals surface area (Å²) in [6, 6.07) is 5.94. The maximum Gasteiger partial charge on any atom is 0.156 e. The number of aromatic nitrogens is 3. The molecule has 0 amide bonds. The quantitative estimate of drug-likeness (QED) is 0.696. The van der Waals surface area contributed by atoms with Crippen LogP contribution >= 0.6 is 11.3 Å². The van der Waals surface area contributed by atoms with Crippen LogP contribution in [0.2, 0.25) is 0 Å². The molecule has 0 fully saturated rings. The molecule has 0 aliphatic heterocycles. The van der Waals surface area contributed by atoms with Crippen LogP contribution in [-0.4, -0.2) is 14.7 Å². The summed E-state index contributed by atoms with van der Waals surface area (Å²) < 4.78 is 7.13. The number of rotatable bonds is 3. The summed E-state index contributed by atoms with van der Waals surface area (Å²) in [5.74, 6) is 1.79. The van der Waals surface area contributed by atoms with Gasteiger partial charge < -0.3 is 9.09 Å². The van der Waals surface area contributed by atoms with Gasteiger partial charge in [0.15, 0.2) is 5.76 Å². The standard InChI is InChI=1S/C11H9N3OS/c1-2-10(16-7-1)11-12-5-6-14(11)8-9-3-4-13-15-9/h1-7H,8H2. The van der Waals surface area contributed by atoms with Crippen molar-refractivity contribution in [2.45, 2.75) is 6.54 Å². The van der Waals surface area contributed by atoms with E-state index in [1.807, 2.05) is 28.3 Å². The van der Waals surface area contributed by atoms with Gasteiger partial charge >= 0.3 is 0 Å². The van der Waals surface area contributed by atoms with Gasteiger partial charge in [-0.1, -0.05) is 11.2 Å². The first kappa shape index (κ1) is 9.35. The molecule has 0 aromatic carbocycles. The molecular formula is C11H9N3OS. The lowest BCUT2D eigenvalue weighted by Gasteiger charge is -2.02. The van der Waals surface area contributed by atoms with Crippen LogP contribution in [-0.2, 0) is 6.54 Å². The van der Waals surface area contributed by atoms with E-state index in [1.165, 1.54) is 0 Å². The van der Waals surface area contributed by atoms with Gasteiger partial charge in [-0.05, 0) is 11.4 Å². The van der Waals surface area contributed by atoms with E-state index >= 15 is 0 Å². The third kappa shape index (κ3) is 1.65. The van der Waals surface area contributed by atoms with Crippen LogP contribution in [0.15, 0.2) is 46.7 Å². The van der Waals surface area contributed by atoms with Gasteiger partial charge in [-0.25, -0.2) is 4.98 Å². The molecule has 0 saturated heterocycles. The van der Waals surface area contributed by atoms with Gasteiger partial charge in [0.05, 0.1) is 17.6 Å². The van der Waals surface area contributed by atoms with Crippen molar-refractivity contribution in [3.63, 3.8) is 0 Å². The molecule has 0 aliphatic carbocycles. The molecule has 0 aliphatic rings. The first-order valence-corrected chi connectivity index (χ1v) is 5.76. The fourth-order valence-corrected chi connectivity index (χ4v) is 2.30. The highest BCUT2D eigenvalue weighted by atomic mass is 32.1. The van der Waals surface area contributed by atoms with Crippen molar-refractivity contribution in [2.24, 2.45) is 0 Å². The molecule has 3 aromatic heterocycles. The zero-order chi connectivity index (χ0) is 10.8.